The van der Waals surface area contributed by atoms with Gasteiger partial charge in [-0.2, -0.15) is 0 Å². The van der Waals surface area contributed by atoms with E-state index in [4.69, 9.17) is 15.5 Å². The van der Waals surface area contributed by atoms with E-state index in [1.165, 1.54) is 5.56 Å². The Bertz CT molecular complexity index is 567. The largest absolute Gasteiger partial charge is 0.497 e. The van der Waals surface area contributed by atoms with Crippen LogP contribution in [0.25, 0.3) is 10.9 Å². The Hall–Kier alpha value is -1.81. The van der Waals surface area contributed by atoms with E-state index < -0.39 is 0 Å². The minimum absolute atomic E-state index is 0.702. The van der Waals surface area contributed by atoms with E-state index in [2.05, 4.69) is 6.07 Å². The first-order valence-electron chi connectivity index (χ1n) is 6.50. The minimum atomic E-state index is 0.702. The number of aromatic nitrogens is 1. The lowest BCUT2D eigenvalue weighted by atomic mass is 10.1. The predicted molar refractivity (Wildman–Crippen MR) is 80.0 cm³/mol. The van der Waals surface area contributed by atoms with E-state index >= 15 is 0 Å². The quantitative estimate of drug-likeness (QED) is 0.894. The van der Waals surface area contributed by atoms with Crippen LogP contribution in [-0.2, 0) is 6.42 Å². The topological polar surface area (TPSA) is 51.4 Å². The maximum absolute atomic E-state index is 5.60. The van der Waals surface area contributed by atoms with Crippen molar-refractivity contribution in [1.29, 1.82) is 0 Å². The zero-order valence-electron chi connectivity index (χ0n) is 11.8. The van der Waals surface area contributed by atoms with Crippen LogP contribution < -0.4 is 15.4 Å². The number of fused-ring (bicyclic) bond motifs is 1. The first-order chi connectivity index (χ1) is 9.15. The zero-order valence-corrected chi connectivity index (χ0v) is 11.8. The third-order valence-electron chi connectivity index (χ3n) is 3.15. The van der Waals surface area contributed by atoms with Crippen LogP contribution in [0.2, 0.25) is 0 Å². The molecule has 0 bridgehead atoms. The van der Waals surface area contributed by atoms with E-state index in [9.17, 15) is 0 Å². The number of nitrogens with two attached hydrogens (primary N) is 1. The fourth-order valence-electron chi connectivity index (χ4n) is 2.17. The molecule has 4 nitrogen and oxygen atoms in total. The number of benzene rings is 1. The van der Waals surface area contributed by atoms with Gasteiger partial charge in [0.15, 0.2) is 0 Å². The lowest BCUT2D eigenvalue weighted by Gasteiger charge is -2.17. The molecule has 2 rings (SSSR count). The van der Waals surface area contributed by atoms with Crippen LogP contribution >= 0.6 is 0 Å². The molecule has 2 aromatic rings. The molecule has 0 aliphatic heterocycles. The van der Waals surface area contributed by atoms with Gasteiger partial charge in [-0.3, -0.25) is 0 Å². The van der Waals surface area contributed by atoms with Crippen molar-refractivity contribution in [2.75, 3.05) is 32.6 Å². The number of methoxy groups -OCH3 is 1. The predicted octanol–water partition coefficient (Wildman–Crippen LogP) is 2.20. The van der Waals surface area contributed by atoms with Crippen molar-refractivity contribution in [2.24, 2.45) is 5.73 Å². The maximum Gasteiger partial charge on any atom is 0.131 e. The summed E-state index contributed by atoms with van der Waals surface area (Å²) in [6, 6.07) is 8.18. The third kappa shape index (κ3) is 2.96. The van der Waals surface area contributed by atoms with Gasteiger partial charge in [-0.05, 0) is 43.1 Å². The third-order valence-corrected chi connectivity index (χ3v) is 3.15. The maximum atomic E-state index is 5.60. The second-order valence-corrected chi connectivity index (χ2v) is 4.82. The van der Waals surface area contributed by atoms with E-state index in [-0.39, 0.29) is 0 Å². The molecule has 102 valence electrons. The fraction of sp³-hybridized carbons (Fsp3) is 0.400. The number of rotatable bonds is 5. The van der Waals surface area contributed by atoms with Gasteiger partial charge < -0.3 is 15.4 Å². The zero-order chi connectivity index (χ0) is 13.8. The van der Waals surface area contributed by atoms with E-state index in [1.54, 1.807) is 7.11 Å². The average Bonchev–Trinajstić information content (AvgIpc) is 2.43. The van der Waals surface area contributed by atoms with Crippen molar-refractivity contribution in [1.82, 2.24) is 4.98 Å². The lowest BCUT2D eigenvalue weighted by Crippen LogP contribution is -2.14. The molecule has 0 spiro atoms. The summed E-state index contributed by atoms with van der Waals surface area (Å²) in [4.78, 5) is 6.79. The van der Waals surface area contributed by atoms with Crippen LogP contribution in [0.4, 0.5) is 5.82 Å². The molecule has 0 radical (unpaired) electrons. The summed E-state index contributed by atoms with van der Waals surface area (Å²) in [5.41, 5.74) is 7.80. The molecule has 1 heterocycles. The van der Waals surface area contributed by atoms with Crippen LogP contribution in [0.15, 0.2) is 24.3 Å². The number of aryl methyl sites for hydroxylation is 1. The molecule has 0 amide bonds. The summed E-state index contributed by atoms with van der Waals surface area (Å²) in [6.07, 6.45) is 1.93. The van der Waals surface area contributed by atoms with Crippen molar-refractivity contribution in [2.45, 2.75) is 12.8 Å². The Morgan fingerprint density at radius 2 is 2.05 bits per heavy atom. The monoisotopic (exact) mass is 259 g/mol. The van der Waals surface area contributed by atoms with Gasteiger partial charge in [-0.25, -0.2) is 4.98 Å². The Morgan fingerprint density at radius 3 is 2.68 bits per heavy atom. The lowest BCUT2D eigenvalue weighted by molar-refractivity contribution is 0.415. The SMILES string of the molecule is COc1ccc2cc(CCCN)c(N(C)C)nc2c1. The van der Waals surface area contributed by atoms with Gasteiger partial charge in [-0.1, -0.05) is 0 Å². The van der Waals surface area contributed by atoms with E-state index in [0.29, 0.717) is 6.54 Å². The number of anilines is 1. The molecule has 1 aromatic carbocycles. The number of hydrogen-bond acceptors (Lipinski definition) is 4. The van der Waals surface area contributed by atoms with Gasteiger partial charge in [-0.15, -0.1) is 0 Å². The fourth-order valence-corrected chi connectivity index (χ4v) is 2.17. The minimum Gasteiger partial charge on any atom is -0.497 e. The molecule has 0 unspecified atom stereocenters. The molecule has 0 aliphatic rings. The Labute approximate surface area is 114 Å². The Balaban J connectivity index is 2.51. The van der Waals surface area contributed by atoms with Crippen LogP contribution in [0.1, 0.15) is 12.0 Å². The highest BCUT2D eigenvalue weighted by molar-refractivity contribution is 5.83. The molecular weight excluding hydrogens is 238 g/mol. The van der Waals surface area contributed by atoms with Crippen molar-refractivity contribution in [3.63, 3.8) is 0 Å². The van der Waals surface area contributed by atoms with Crippen molar-refractivity contribution < 1.29 is 4.74 Å². The number of hydrogen-bond donors (Lipinski definition) is 1. The second-order valence-electron chi connectivity index (χ2n) is 4.82. The summed E-state index contributed by atoms with van der Waals surface area (Å²) in [6.45, 7) is 0.702. The van der Waals surface area contributed by atoms with Crippen molar-refractivity contribution in [3.8, 4) is 5.75 Å². The average molecular weight is 259 g/mol. The molecule has 2 N–H and O–H groups in total. The van der Waals surface area contributed by atoms with Crippen LogP contribution in [0.5, 0.6) is 5.75 Å². The summed E-state index contributed by atoms with van der Waals surface area (Å²) < 4.78 is 5.25. The molecule has 0 aliphatic carbocycles. The van der Waals surface area contributed by atoms with E-state index in [1.807, 2.05) is 37.2 Å². The number of ether oxygens (including phenoxy) is 1. The summed E-state index contributed by atoms with van der Waals surface area (Å²) in [5.74, 6) is 1.84. The smallest absolute Gasteiger partial charge is 0.131 e. The second kappa shape index (κ2) is 5.89. The molecule has 19 heavy (non-hydrogen) atoms. The first kappa shape index (κ1) is 13.6. The molecule has 0 saturated heterocycles. The van der Waals surface area contributed by atoms with Gasteiger partial charge in [0.2, 0.25) is 0 Å². The van der Waals surface area contributed by atoms with Gasteiger partial charge in [0, 0.05) is 25.5 Å². The van der Waals surface area contributed by atoms with E-state index in [0.717, 1.165) is 35.3 Å². The van der Waals surface area contributed by atoms with Crippen LogP contribution in [0.3, 0.4) is 0 Å². The molecule has 0 saturated carbocycles. The summed E-state index contributed by atoms with van der Waals surface area (Å²) in [7, 11) is 5.70. The number of pyridine rings is 1. The Morgan fingerprint density at radius 1 is 1.26 bits per heavy atom. The van der Waals surface area contributed by atoms with Crippen molar-refractivity contribution >= 4 is 16.7 Å². The van der Waals surface area contributed by atoms with Crippen molar-refractivity contribution in [3.05, 3.63) is 29.8 Å². The highest BCUT2D eigenvalue weighted by Gasteiger charge is 2.09. The van der Waals surface area contributed by atoms with Crippen LogP contribution in [0, 0.1) is 0 Å². The van der Waals surface area contributed by atoms with Gasteiger partial charge >= 0.3 is 0 Å². The molecule has 1 aromatic heterocycles. The van der Waals surface area contributed by atoms with Crippen LogP contribution in [-0.4, -0.2) is 32.7 Å². The summed E-state index contributed by atoms with van der Waals surface area (Å²) >= 11 is 0. The van der Waals surface area contributed by atoms with Gasteiger partial charge in [0.1, 0.15) is 11.6 Å². The Kier molecular flexibility index (Phi) is 4.22. The highest BCUT2D eigenvalue weighted by Crippen LogP contribution is 2.26. The first-order valence-corrected chi connectivity index (χ1v) is 6.50. The van der Waals surface area contributed by atoms with Gasteiger partial charge in [0.05, 0.1) is 12.6 Å². The molecular formula is C15H21N3O. The standard InChI is InChI=1S/C15H21N3O/c1-18(2)15-12(5-4-8-16)9-11-6-7-13(19-3)10-14(11)17-15/h6-7,9-10H,4-5,8,16H2,1-3H3. The normalized spacial score (nSPS) is 10.7. The molecule has 0 atom stereocenters. The van der Waals surface area contributed by atoms with Gasteiger partial charge in [0.25, 0.3) is 0 Å². The summed E-state index contributed by atoms with van der Waals surface area (Å²) in [5, 5.41) is 1.14. The highest BCUT2D eigenvalue weighted by atomic mass is 16.5. The molecule has 0 fully saturated rings. The molecule has 4 heteroatoms. The number of nitrogens with zero attached hydrogens (tertiary/aromatic N) is 2.